The highest BCUT2D eigenvalue weighted by atomic mass is 35.5. The molecule has 0 atom stereocenters. The molecule has 3 aromatic heterocycles. The van der Waals surface area contributed by atoms with E-state index in [1.807, 2.05) is 30.2 Å². The largest absolute Gasteiger partial charge is 0.368 e. The minimum Gasteiger partial charge on any atom is -0.368 e. The molecule has 7 nitrogen and oxygen atoms in total. The minimum atomic E-state index is 0. The molecule has 8 heteroatoms. The number of fused-ring (bicyclic) bond motifs is 1. The maximum absolute atomic E-state index is 9.45. The standard InChI is InChI=1S/C17H19N7.ClH/c1-22-11-15(10-20-22)13-7-16(23-5-2-3-19-4-6-23)17-14(8-18)9-21-24(17)12-13;/h7,9-12,19H,2-6H2,1H3;1H. The van der Waals surface area contributed by atoms with E-state index in [2.05, 4.69) is 32.5 Å². The van der Waals surface area contributed by atoms with Crippen LogP contribution in [0, 0.1) is 11.3 Å². The minimum absolute atomic E-state index is 0. The van der Waals surface area contributed by atoms with Gasteiger partial charge >= 0.3 is 0 Å². The van der Waals surface area contributed by atoms with Gasteiger partial charge in [0.15, 0.2) is 0 Å². The first-order valence-electron chi connectivity index (χ1n) is 8.12. The third-order valence-corrected chi connectivity index (χ3v) is 4.43. The van der Waals surface area contributed by atoms with Crippen molar-refractivity contribution in [3.63, 3.8) is 0 Å². The number of nitrogens with zero attached hydrogens (tertiary/aromatic N) is 6. The fraction of sp³-hybridized carbons (Fsp3) is 0.353. The Morgan fingerprint density at radius 3 is 2.76 bits per heavy atom. The van der Waals surface area contributed by atoms with Crippen LogP contribution in [0.1, 0.15) is 12.0 Å². The van der Waals surface area contributed by atoms with Gasteiger partial charge in [-0.2, -0.15) is 15.5 Å². The van der Waals surface area contributed by atoms with Crippen LogP contribution in [0.4, 0.5) is 5.69 Å². The molecule has 0 spiro atoms. The second-order valence-corrected chi connectivity index (χ2v) is 6.07. The molecule has 1 aliphatic rings. The van der Waals surface area contributed by atoms with E-state index in [0.717, 1.165) is 54.9 Å². The first-order chi connectivity index (χ1) is 11.8. The Morgan fingerprint density at radius 2 is 2.00 bits per heavy atom. The number of rotatable bonds is 2. The van der Waals surface area contributed by atoms with Crippen molar-refractivity contribution in [3.8, 4) is 17.2 Å². The summed E-state index contributed by atoms with van der Waals surface area (Å²) in [5, 5.41) is 21.5. The maximum atomic E-state index is 9.45. The van der Waals surface area contributed by atoms with Gasteiger partial charge in [-0.25, -0.2) is 4.52 Å². The van der Waals surface area contributed by atoms with E-state index >= 15 is 0 Å². The predicted molar refractivity (Wildman–Crippen MR) is 99.1 cm³/mol. The molecule has 130 valence electrons. The summed E-state index contributed by atoms with van der Waals surface area (Å²) in [5.41, 5.74) is 4.65. The molecule has 1 fully saturated rings. The van der Waals surface area contributed by atoms with Crippen LogP contribution in [0.2, 0.25) is 0 Å². The summed E-state index contributed by atoms with van der Waals surface area (Å²) in [5.74, 6) is 0. The van der Waals surface area contributed by atoms with Gasteiger partial charge < -0.3 is 10.2 Å². The number of nitrogens with one attached hydrogen (secondary N) is 1. The fourth-order valence-corrected chi connectivity index (χ4v) is 3.24. The van der Waals surface area contributed by atoms with Gasteiger partial charge in [-0.05, 0) is 19.0 Å². The Kier molecular flexibility index (Phi) is 4.93. The number of hydrogen-bond acceptors (Lipinski definition) is 5. The zero-order valence-corrected chi connectivity index (χ0v) is 14.8. The highest BCUT2D eigenvalue weighted by Crippen LogP contribution is 2.31. The van der Waals surface area contributed by atoms with E-state index in [0.29, 0.717) is 5.56 Å². The number of pyridine rings is 1. The Hall–Kier alpha value is -2.56. The highest BCUT2D eigenvalue weighted by Gasteiger charge is 2.18. The quantitative estimate of drug-likeness (QED) is 0.757. The number of nitriles is 1. The van der Waals surface area contributed by atoms with E-state index < -0.39 is 0 Å². The highest BCUT2D eigenvalue weighted by molar-refractivity contribution is 5.85. The molecule has 0 unspecified atom stereocenters. The van der Waals surface area contributed by atoms with Crippen molar-refractivity contribution in [1.82, 2.24) is 24.7 Å². The second kappa shape index (κ2) is 7.13. The van der Waals surface area contributed by atoms with Crippen LogP contribution in [0.15, 0.2) is 30.9 Å². The zero-order chi connectivity index (χ0) is 16.5. The SMILES string of the molecule is Cl.Cn1cc(-c2cc(N3CCCNCC3)c3c(C#N)cnn3c2)cn1. The van der Waals surface area contributed by atoms with Gasteiger partial charge in [0.25, 0.3) is 0 Å². The lowest BCUT2D eigenvalue weighted by atomic mass is 10.1. The van der Waals surface area contributed by atoms with Crippen LogP contribution in [0.5, 0.6) is 0 Å². The van der Waals surface area contributed by atoms with Crippen LogP contribution >= 0.6 is 12.4 Å². The molecule has 0 amide bonds. The Morgan fingerprint density at radius 1 is 1.12 bits per heavy atom. The number of aromatic nitrogens is 4. The number of halogens is 1. The number of aryl methyl sites for hydroxylation is 1. The molecule has 4 heterocycles. The lowest BCUT2D eigenvalue weighted by molar-refractivity contribution is 0.724. The van der Waals surface area contributed by atoms with Gasteiger partial charge in [-0.15, -0.1) is 12.4 Å². The third kappa shape index (κ3) is 3.18. The van der Waals surface area contributed by atoms with Crippen LogP contribution < -0.4 is 10.2 Å². The lowest BCUT2D eigenvalue weighted by Gasteiger charge is -2.24. The van der Waals surface area contributed by atoms with E-state index in [1.54, 1.807) is 10.9 Å². The molecule has 0 radical (unpaired) electrons. The van der Waals surface area contributed by atoms with Crippen molar-refractivity contribution in [2.24, 2.45) is 7.05 Å². The summed E-state index contributed by atoms with van der Waals surface area (Å²) in [6.07, 6.45) is 8.53. The van der Waals surface area contributed by atoms with Gasteiger partial charge in [-0.3, -0.25) is 4.68 Å². The molecular weight excluding hydrogens is 338 g/mol. The number of hydrogen-bond donors (Lipinski definition) is 1. The van der Waals surface area contributed by atoms with Gasteiger partial charge in [-0.1, -0.05) is 0 Å². The molecule has 1 saturated heterocycles. The smallest absolute Gasteiger partial charge is 0.107 e. The lowest BCUT2D eigenvalue weighted by Crippen LogP contribution is -2.28. The summed E-state index contributed by atoms with van der Waals surface area (Å²) in [6, 6.07) is 4.42. The van der Waals surface area contributed by atoms with Crippen molar-refractivity contribution in [1.29, 1.82) is 5.26 Å². The molecule has 1 aliphatic heterocycles. The Labute approximate surface area is 152 Å². The molecule has 3 aromatic rings. The van der Waals surface area contributed by atoms with Crippen molar-refractivity contribution in [3.05, 3.63) is 36.4 Å². The summed E-state index contributed by atoms with van der Waals surface area (Å²) < 4.78 is 3.60. The fourth-order valence-electron chi connectivity index (χ4n) is 3.24. The first kappa shape index (κ1) is 17.3. The van der Waals surface area contributed by atoms with Gasteiger partial charge in [0, 0.05) is 50.2 Å². The summed E-state index contributed by atoms with van der Waals surface area (Å²) >= 11 is 0. The van der Waals surface area contributed by atoms with E-state index in [1.165, 1.54) is 0 Å². The summed E-state index contributed by atoms with van der Waals surface area (Å²) in [7, 11) is 1.91. The number of anilines is 1. The molecule has 4 rings (SSSR count). The van der Waals surface area contributed by atoms with E-state index in [9.17, 15) is 5.26 Å². The van der Waals surface area contributed by atoms with Crippen molar-refractivity contribution in [2.75, 3.05) is 31.1 Å². The van der Waals surface area contributed by atoms with Crippen LogP contribution in [0.3, 0.4) is 0 Å². The maximum Gasteiger partial charge on any atom is 0.107 e. The molecule has 0 aliphatic carbocycles. The monoisotopic (exact) mass is 357 g/mol. The summed E-state index contributed by atoms with van der Waals surface area (Å²) in [4.78, 5) is 2.34. The van der Waals surface area contributed by atoms with Crippen molar-refractivity contribution >= 4 is 23.6 Å². The molecule has 0 bridgehead atoms. The molecule has 0 saturated carbocycles. The third-order valence-electron chi connectivity index (χ3n) is 4.43. The van der Waals surface area contributed by atoms with Crippen LogP contribution in [0.25, 0.3) is 16.6 Å². The Bertz CT molecular complexity index is 913. The van der Waals surface area contributed by atoms with Gasteiger partial charge in [0.2, 0.25) is 0 Å². The van der Waals surface area contributed by atoms with Crippen molar-refractivity contribution in [2.45, 2.75) is 6.42 Å². The van der Waals surface area contributed by atoms with E-state index in [4.69, 9.17) is 0 Å². The predicted octanol–water partition coefficient (Wildman–Crippen LogP) is 1.83. The van der Waals surface area contributed by atoms with Crippen LogP contribution in [-0.2, 0) is 7.05 Å². The molecule has 0 aromatic carbocycles. The summed E-state index contributed by atoms with van der Waals surface area (Å²) in [6.45, 7) is 3.86. The van der Waals surface area contributed by atoms with Crippen LogP contribution in [-0.4, -0.2) is 45.6 Å². The van der Waals surface area contributed by atoms with E-state index in [-0.39, 0.29) is 12.4 Å². The molecular formula is C17H20ClN7. The molecule has 1 N–H and O–H groups in total. The van der Waals surface area contributed by atoms with Gasteiger partial charge in [0.1, 0.15) is 11.6 Å². The topological polar surface area (TPSA) is 74.2 Å². The average Bonchev–Trinajstić information content (AvgIpc) is 3.11. The Balaban J connectivity index is 0.00000182. The second-order valence-electron chi connectivity index (χ2n) is 6.07. The first-order valence-corrected chi connectivity index (χ1v) is 8.12. The molecule has 25 heavy (non-hydrogen) atoms. The van der Waals surface area contributed by atoms with Gasteiger partial charge in [0.05, 0.1) is 23.6 Å². The zero-order valence-electron chi connectivity index (χ0n) is 14.0. The average molecular weight is 358 g/mol. The van der Waals surface area contributed by atoms with Crippen molar-refractivity contribution < 1.29 is 0 Å². The normalized spacial score (nSPS) is 14.8.